The zero-order chi connectivity index (χ0) is 27.4. The third kappa shape index (κ3) is 5.96. The number of esters is 1. The average molecular weight is 552 g/mol. The lowest BCUT2D eigenvalue weighted by atomic mass is 9.93. The fourth-order valence-electron chi connectivity index (χ4n) is 4.96. The van der Waals surface area contributed by atoms with Gasteiger partial charge in [-0.3, -0.25) is 9.59 Å². The van der Waals surface area contributed by atoms with Crippen LogP contribution in [-0.4, -0.2) is 67.4 Å². The molecule has 2 aromatic rings. The van der Waals surface area contributed by atoms with E-state index in [0.29, 0.717) is 45.4 Å². The van der Waals surface area contributed by atoms with Gasteiger partial charge in [-0.15, -0.1) is 0 Å². The van der Waals surface area contributed by atoms with Crippen molar-refractivity contribution in [2.24, 2.45) is 11.8 Å². The number of hydrogen-bond donors (Lipinski definition) is 0. The van der Waals surface area contributed by atoms with Crippen molar-refractivity contribution in [3.05, 3.63) is 46.9 Å². The summed E-state index contributed by atoms with van der Waals surface area (Å²) in [4.78, 5) is 26.9. The number of aromatic nitrogens is 1. The largest absolute Gasteiger partial charge is 0.466 e. The molecule has 0 bridgehead atoms. The van der Waals surface area contributed by atoms with Crippen LogP contribution in [0.3, 0.4) is 0 Å². The second-order valence-electron chi connectivity index (χ2n) is 9.51. The molecule has 206 valence electrons. The van der Waals surface area contributed by atoms with Crippen LogP contribution in [0.25, 0.3) is 12.2 Å². The lowest BCUT2D eigenvalue weighted by Gasteiger charge is -2.36. The Morgan fingerprint density at radius 3 is 2.55 bits per heavy atom. The summed E-state index contributed by atoms with van der Waals surface area (Å²) in [6.45, 7) is 4.69. The molecule has 2 fully saturated rings. The summed E-state index contributed by atoms with van der Waals surface area (Å²) in [5, 5.41) is 3.78. The molecule has 38 heavy (non-hydrogen) atoms. The maximum Gasteiger partial charge on any atom is 0.310 e. The number of aryl methyl sites for hydroxylation is 1. The van der Waals surface area contributed by atoms with Crippen LogP contribution in [0.4, 0.5) is 8.78 Å². The number of sulfonamides is 1. The first-order valence-electron chi connectivity index (χ1n) is 12.7. The van der Waals surface area contributed by atoms with Gasteiger partial charge in [-0.05, 0) is 63.8 Å². The number of piperidine rings is 2. The number of carbonyl (C=O) groups excluding carboxylic acids is 2. The molecule has 4 rings (SSSR count). The second kappa shape index (κ2) is 11.7. The maximum absolute atomic E-state index is 14.0. The Hall–Kier alpha value is -3.12. The van der Waals surface area contributed by atoms with E-state index in [1.165, 1.54) is 29.4 Å². The van der Waals surface area contributed by atoms with E-state index in [1.807, 2.05) is 0 Å². The van der Waals surface area contributed by atoms with Crippen molar-refractivity contribution in [1.82, 2.24) is 14.4 Å². The van der Waals surface area contributed by atoms with E-state index >= 15 is 0 Å². The number of likely N-dealkylation sites (tertiary alicyclic amines) is 1. The van der Waals surface area contributed by atoms with Crippen molar-refractivity contribution in [3.63, 3.8) is 0 Å². The zero-order valence-corrected chi connectivity index (χ0v) is 22.2. The van der Waals surface area contributed by atoms with Gasteiger partial charge < -0.3 is 14.2 Å². The van der Waals surface area contributed by atoms with Gasteiger partial charge in [0.05, 0.1) is 12.5 Å². The van der Waals surface area contributed by atoms with Crippen LogP contribution in [0, 0.1) is 30.4 Å². The number of rotatable bonds is 7. The lowest BCUT2D eigenvalue weighted by molar-refractivity contribution is -0.152. The number of halogens is 2. The van der Waals surface area contributed by atoms with Crippen molar-refractivity contribution >= 4 is 34.1 Å². The lowest BCUT2D eigenvalue weighted by Crippen LogP contribution is -2.48. The van der Waals surface area contributed by atoms with E-state index in [1.54, 1.807) is 11.8 Å². The number of ether oxygens (including phenoxy) is 1. The molecule has 0 saturated carbocycles. The van der Waals surface area contributed by atoms with Gasteiger partial charge in [-0.25, -0.2) is 17.2 Å². The van der Waals surface area contributed by atoms with Crippen molar-refractivity contribution in [2.75, 3.05) is 32.8 Å². The van der Waals surface area contributed by atoms with Gasteiger partial charge in [-0.1, -0.05) is 5.16 Å². The smallest absolute Gasteiger partial charge is 0.310 e. The SMILES string of the molecule is CCOC(=O)[C@H]1CCCN(C(=O)C2CCN(S(=O)(=O)c3c(C)noc3/C=C/c3ccc(F)cc3F)CC2)C1. The molecule has 2 aliphatic rings. The summed E-state index contributed by atoms with van der Waals surface area (Å²) in [5.74, 6) is -2.62. The molecule has 2 aliphatic heterocycles. The van der Waals surface area contributed by atoms with Gasteiger partial charge in [-0.2, -0.15) is 4.31 Å². The highest BCUT2D eigenvalue weighted by Crippen LogP contribution is 2.31. The topological polar surface area (TPSA) is 110 Å². The third-order valence-electron chi connectivity index (χ3n) is 6.96. The highest BCUT2D eigenvalue weighted by atomic mass is 32.2. The van der Waals surface area contributed by atoms with Crippen LogP contribution >= 0.6 is 0 Å². The van der Waals surface area contributed by atoms with Crippen molar-refractivity contribution in [2.45, 2.75) is 44.4 Å². The summed E-state index contributed by atoms with van der Waals surface area (Å²) >= 11 is 0. The number of benzene rings is 1. The van der Waals surface area contributed by atoms with Crippen molar-refractivity contribution < 1.29 is 36.0 Å². The Labute approximate surface area is 220 Å². The normalized spacial score (nSPS) is 19.7. The van der Waals surface area contributed by atoms with Gasteiger partial charge in [0.1, 0.15) is 17.3 Å². The fraction of sp³-hybridized carbons (Fsp3) is 0.500. The minimum absolute atomic E-state index is 0.0611. The molecule has 2 saturated heterocycles. The molecule has 12 heteroatoms. The highest BCUT2D eigenvalue weighted by Gasteiger charge is 2.38. The van der Waals surface area contributed by atoms with E-state index in [-0.39, 0.29) is 58.7 Å². The van der Waals surface area contributed by atoms with Crippen molar-refractivity contribution in [3.8, 4) is 0 Å². The van der Waals surface area contributed by atoms with Gasteiger partial charge >= 0.3 is 5.97 Å². The van der Waals surface area contributed by atoms with E-state index in [9.17, 15) is 26.8 Å². The van der Waals surface area contributed by atoms with Crippen LogP contribution in [0.1, 0.15) is 49.6 Å². The van der Waals surface area contributed by atoms with E-state index < -0.39 is 21.7 Å². The Balaban J connectivity index is 1.42. The number of nitrogens with zero attached hydrogens (tertiary/aromatic N) is 3. The van der Waals surface area contributed by atoms with Gasteiger partial charge in [0.2, 0.25) is 15.9 Å². The summed E-state index contributed by atoms with van der Waals surface area (Å²) in [6.07, 6.45) is 4.66. The summed E-state index contributed by atoms with van der Waals surface area (Å²) < 4.78 is 65.8. The summed E-state index contributed by atoms with van der Waals surface area (Å²) in [6, 6.07) is 3.06. The molecule has 0 radical (unpaired) electrons. The third-order valence-corrected chi connectivity index (χ3v) is 9.02. The van der Waals surface area contributed by atoms with Gasteiger partial charge in [0.25, 0.3) is 0 Å². The first kappa shape index (κ1) is 27.9. The number of carbonyl (C=O) groups is 2. The quantitative estimate of drug-likeness (QED) is 0.484. The molecule has 0 spiro atoms. The molecule has 9 nitrogen and oxygen atoms in total. The van der Waals surface area contributed by atoms with Crippen LogP contribution in [0.2, 0.25) is 0 Å². The molecule has 1 aromatic carbocycles. The standard InChI is InChI=1S/C26H31F2N3O6S/c1-3-36-26(33)20-5-4-12-30(16-20)25(32)19-10-13-31(14-11-19)38(34,35)24-17(2)29-37-23(24)9-7-18-6-8-21(27)15-22(18)28/h6-9,15,19-20H,3-5,10-14,16H2,1-2H3/b9-7+/t20-/m0/s1. The van der Waals surface area contributed by atoms with Gasteiger partial charge in [0, 0.05) is 43.7 Å². The molecule has 1 amide bonds. The predicted octanol–water partition coefficient (Wildman–Crippen LogP) is 3.63. The zero-order valence-electron chi connectivity index (χ0n) is 21.4. The van der Waals surface area contributed by atoms with Crippen LogP contribution < -0.4 is 0 Å². The Kier molecular flexibility index (Phi) is 8.61. The molecular weight excluding hydrogens is 520 g/mol. The summed E-state index contributed by atoms with van der Waals surface area (Å²) in [7, 11) is -4.02. The van der Waals surface area contributed by atoms with E-state index in [4.69, 9.17) is 9.26 Å². The van der Waals surface area contributed by atoms with Crippen molar-refractivity contribution in [1.29, 1.82) is 0 Å². The minimum atomic E-state index is -4.02. The molecular formula is C26H31F2N3O6S. The first-order chi connectivity index (χ1) is 18.1. The Bertz CT molecular complexity index is 1320. The molecule has 3 heterocycles. The van der Waals surface area contributed by atoms with Crippen LogP contribution in [0.5, 0.6) is 0 Å². The van der Waals surface area contributed by atoms with Crippen LogP contribution in [-0.2, 0) is 24.3 Å². The predicted molar refractivity (Wildman–Crippen MR) is 134 cm³/mol. The van der Waals surface area contributed by atoms with E-state index in [0.717, 1.165) is 12.1 Å². The molecule has 0 aliphatic carbocycles. The number of hydrogen-bond acceptors (Lipinski definition) is 7. The monoisotopic (exact) mass is 551 g/mol. The molecule has 0 N–H and O–H groups in total. The Morgan fingerprint density at radius 1 is 1.13 bits per heavy atom. The minimum Gasteiger partial charge on any atom is -0.466 e. The first-order valence-corrected chi connectivity index (χ1v) is 14.1. The van der Waals surface area contributed by atoms with Gasteiger partial charge in [0.15, 0.2) is 10.7 Å². The number of amides is 1. The average Bonchev–Trinajstić information content (AvgIpc) is 3.29. The molecule has 0 unspecified atom stereocenters. The van der Waals surface area contributed by atoms with E-state index in [2.05, 4.69) is 5.16 Å². The Morgan fingerprint density at radius 2 is 1.87 bits per heavy atom. The molecule has 1 atom stereocenters. The fourth-order valence-corrected chi connectivity index (χ4v) is 6.68. The van der Waals surface area contributed by atoms with Crippen LogP contribution in [0.15, 0.2) is 27.6 Å². The second-order valence-corrected chi connectivity index (χ2v) is 11.4. The highest BCUT2D eigenvalue weighted by molar-refractivity contribution is 7.89. The molecule has 1 aromatic heterocycles. The summed E-state index contributed by atoms with van der Waals surface area (Å²) in [5.41, 5.74) is 0.215. The maximum atomic E-state index is 14.0.